The zero-order valence-corrected chi connectivity index (χ0v) is 20.0. The zero-order chi connectivity index (χ0) is 22.3. The quantitative estimate of drug-likeness (QED) is 0.610. The van der Waals surface area contributed by atoms with Crippen molar-refractivity contribution in [3.05, 3.63) is 58.9 Å². The molecule has 0 radical (unpaired) electrons. The molecule has 3 heterocycles. The fraction of sp³-hybridized carbons (Fsp3) is 0.542. The Kier molecular flexibility index (Phi) is 6.21. The molecule has 0 aliphatic carbocycles. The topological polar surface area (TPSA) is 59.5 Å². The minimum Gasteiger partial charge on any atom is -0.376 e. The van der Waals surface area contributed by atoms with Crippen LogP contribution in [0.1, 0.15) is 37.9 Å². The highest BCUT2D eigenvalue weighted by molar-refractivity contribution is 7.90. The standard InChI is InChI=1S/C24H31ClN2O3S/c1-23(2)17-30-22(23)24(11-10-20-8-9-21(14-26-20)31(3,28)29)12-13-27(16-24)15-18-4-6-19(25)7-5-18/h4-9,14,22H,10-13,15-17H2,1-3H3/t22-,24+/m0/s1. The van der Waals surface area contributed by atoms with Crippen LogP contribution in [0.4, 0.5) is 0 Å². The molecule has 0 amide bonds. The number of hydrogen-bond acceptors (Lipinski definition) is 5. The molecule has 5 nitrogen and oxygen atoms in total. The fourth-order valence-corrected chi connectivity index (χ4v) is 5.86. The number of benzene rings is 1. The van der Waals surface area contributed by atoms with Gasteiger partial charge in [0.2, 0.25) is 0 Å². The number of aryl methyl sites for hydroxylation is 1. The predicted octanol–water partition coefficient (Wildman–Crippen LogP) is 4.39. The molecule has 7 heteroatoms. The van der Waals surface area contributed by atoms with E-state index in [1.54, 1.807) is 6.07 Å². The van der Waals surface area contributed by atoms with E-state index in [9.17, 15) is 8.42 Å². The van der Waals surface area contributed by atoms with E-state index >= 15 is 0 Å². The summed E-state index contributed by atoms with van der Waals surface area (Å²) in [6.07, 6.45) is 5.80. The molecule has 168 valence electrons. The van der Waals surface area contributed by atoms with Gasteiger partial charge in [-0.15, -0.1) is 0 Å². The second-order valence-corrected chi connectivity index (χ2v) is 12.3. The Morgan fingerprint density at radius 3 is 2.48 bits per heavy atom. The van der Waals surface area contributed by atoms with Crippen LogP contribution in [0.15, 0.2) is 47.5 Å². The van der Waals surface area contributed by atoms with Gasteiger partial charge >= 0.3 is 0 Å². The van der Waals surface area contributed by atoms with Crippen molar-refractivity contribution in [2.45, 2.75) is 50.7 Å². The largest absolute Gasteiger partial charge is 0.376 e. The summed E-state index contributed by atoms with van der Waals surface area (Å²) in [5.41, 5.74) is 2.45. The third kappa shape index (κ3) is 4.98. The molecular formula is C24H31ClN2O3S. The van der Waals surface area contributed by atoms with Crippen LogP contribution in [-0.4, -0.2) is 50.4 Å². The smallest absolute Gasteiger partial charge is 0.177 e. The van der Waals surface area contributed by atoms with Crippen molar-refractivity contribution in [3.8, 4) is 0 Å². The van der Waals surface area contributed by atoms with Crippen LogP contribution in [0.5, 0.6) is 0 Å². The summed E-state index contributed by atoms with van der Waals surface area (Å²) < 4.78 is 29.6. The van der Waals surface area contributed by atoms with Crippen molar-refractivity contribution in [1.29, 1.82) is 0 Å². The molecule has 1 aromatic carbocycles. The number of hydrogen-bond donors (Lipinski definition) is 0. The molecule has 2 saturated heterocycles. The van der Waals surface area contributed by atoms with Crippen LogP contribution >= 0.6 is 11.6 Å². The van der Waals surface area contributed by atoms with Crippen molar-refractivity contribution in [2.75, 3.05) is 26.0 Å². The number of halogens is 1. The molecule has 2 atom stereocenters. The van der Waals surface area contributed by atoms with Gasteiger partial charge in [0.05, 0.1) is 17.6 Å². The number of rotatable bonds is 7. The van der Waals surface area contributed by atoms with Gasteiger partial charge in [0.1, 0.15) is 0 Å². The normalized spacial score (nSPS) is 26.0. The van der Waals surface area contributed by atoms with E-state index < -0.39 is 9.84 Å². The van der Waals surface area contributed by atoms with Crippen LogP contribution in [0.2, 0.25) is 5.02 Å². The monoisotopic (exact) mass is 462 g/mol. The van der Waals surface area contributed by atoms with Gasteiger partial charge < -0.3 is 4.74 Å². The lowest BCUT2D eigenvalue weighted by Crippen LogP contribution is -2.58. The highest BCUT2D eigenvalue weighted by atomic mass is 35.5. The summed E-state index contributed by atoms with van der Waals surface area (Å²) in [6.45, 7) is 8.34. The average Bonchev–Trinajstić information content (AvgIpc) is 3.10. The number of likely N-dealkylation sites (tertiary alicyclic amines) is 1. The van der Waals surface area contributed by atoms with E-state index in [1.807, 2.05) is 18.2 Å². The van der Waals surface area contributed by atoms with Gasteiger partial charge in [-0.25, -0.2) is 8.42 Å². The lowest BCUT2D eigenvalue weighted by molar-refractivity contribution is -0.223. The Morgan fingerprint density at radius 2 is 1.94 bits per heavy atom. The molecule has 4 rings (SSSR count). The van der Waals surface area contributed by atoms with Crippen molar-refractivity contribution in [1.82, 2.24) is 9.88 Å². The molecule has 2 aromatic rings. The lowest BCUT2D eigenvalue weighted by atomic mass is 9.64. The second kappa shape index (κ2) is 8.47. The number of ether oxygens (including phenoxy) is 1. The first-order valence-corrected chi connectivity index (χ1v) is 13.1. The van der Waals surface area contributed by atoms with E-state index in [0.717, 1.165) is 56.2 Å². The van der Waals surface area contributed by atoms with Gasteiger partial charge in [0.15, 0.2) is 9.84 Å². The Labute approximate surface area is 190 Å². The summed E-state index contributed by atoms with van der Waals surface area (Å²) in [5, 5.41) is 0.763. The minimum absolute atomic E-state index is 0.0748. The van der Waals surface area contributed by atoms with Gasteiger partial charge in [0.25, 0.3) is 0 Å². The van der Waals surface area contributed by atoms with Crippen molar-refractivity contribution in [2.24, 2.45) is 10.8 Å². The molecule has 31 heavy (non-hydrogen) atoms. The highest BCUT2D eigenvalue weighted by Gasteiger charge is 2.55. The first-order valence-electron chi connectivity index (χ1n) is 10.8. The molecule has 0 bridgehead atoms. The molecule has 2 aliphatic rings. The number of aromatic nitrogens is 1. The molecule has 2 fully saturated rings. The van der Waals surface area contributed by atoms with Crippen molar-refractivity contribution in [3.63, 3.8) is 0 Å². The fourth-order valence-electron chi connectivity index (χ4n) is 5.18. The Bertz CT molecular complexity index is 1020. The molecule has 2 aliphatic heterocycles. The maximum Gasteiger partial charge on any atom is 0.177 e. The maximum absolute atomic E-state index is 11.7. The van der Waals surface area contributed by atoms with E-state index in [2.05, 4.69) is 35.9 Å². The molecule has 1 aromatic heterocycles. The molecule has 0 saturated carbocycles. The lowest BCUT2D eigenvalue weighted by Gasteiger charge is -2.53. The summed E-state index contributed by atoms with van der Waals surface area (Å²) in [5.74, 6) is 0. The Hall–Kier alpha value is -1.47. The van der Waals surface area contributed by atoms with Gasteiger partial charge in [-0.05, 0) is 55.6 Å². The highest BCUT2D eigenvalue weighted by Crippen LogP contribution is 2.51. The molecule has 0 unspecified atom stereocenters. The number of pyridine rings is 1. The third-order valence-corrected chi connectivity index (χ3v) is 8.13. The van der Waals surface area contributed by atoms with Crippen molar-refractivity contribution >= 4 is 21.4 Å². The number of nitrogens with zero attached hydrogens (tertiary/aromatic N) is 2. The van der Waals surface area contributed by atoms with E-state index in [0.29, 0.717) is 0 Å². The van der Waals surface area contributed by atoms with Crippen LogP contribution in [0.3, 0.4) is 0 Å². The van der Waals surface area contributed by atoms with Crippen LogP contribution < -0.4 is 0 Å². The molecule has 0 N–H and O–H groups in total. The first kappa shape index (κ1) is 22.7. The SMILES string of the molecule is CC1(C)CO[C@@H]1[C@]1(CCc2ccc(S(C)(=O)=O)cn2)CCN(Cc2ccc(Cl)cc2)C1. The second-order valence-electron chi connectivity index (χ2n) is 9.89. The first-order chi connectivity index (χ1) is 14.6. The minimum atomic E-state index is -3.22. The summed E-state index contributed by atoms with van der Waals surface area (Å²) in [4.78, 5) is 7.21. The summed E-state index contributed by atoms with van der Waals surface area (Å²) >= 11 is 6.04. The average molecular weight is 463 g/mol. The number of sulfone groups is 1. The van der Waals surface area contributed by atoms with Crippen LogP contribution in [0, 0.1) is 10.8 Å². The van der Waals surface area contributed by atoms with Gasteiger partial charge in [0, 0.05) is 47.1 Å². The van der Waals surface area contributed by atoms with Crippen LogP contribution in [-0.2, 0) is 27.5 Å². The van der Waals surface area contributed by atoms with E-state index in [-0.39, 0.29) is 21.8 Å². The van der Waals surface area contributed by atoms with Crippen LogP contribution in [0.25, 0.3) is 0 Å². The third-order valence-electron chi connectivity index (χ3n) is 6.78. The maximum atomic E-state index is 11.7. The Morgan fingerprint density at radius 1 is 1.19 bits per heavy atom. The van der Waals surface area contributed by atoms with E-state index in [1.165, 1.54) is 18.0 Å². The predicted molar refractivity (Wildman–Crippen MR) is 123 cm³/mol. The van der Waals surface area contributed by atoms with Gasteiger partial charge in [-0.1, -0.05) is 37.6 Å². The van der Waals surface area contributed by atoms with Crippen molar-refractivity contribution < 1.29 is 13.2 Å². The molecule has 0 spiro atoms. The van der Waals surface area contributed by atoms with Gasteiger partial charge in [-0.3, -0.25) is 9.88 Å². The Balaban J connectivity index is 1.48. The summed E-state index contributed by atoms with van der Waals surface area (Å²) in [7, 11) is -3.22. The summed E-state index contributed by atoms with van der Waals surface area (Å²) in [6, 6.07) is 11.6. The molecular weight excluding hydrogens is 432 g/mol. The van der Waals surface area contributed by atoms with Gasteiger partial charge in [-0.2, -0.15) is 0 Å². The van der Waals surface area contributed by atoms with E-state index in [4.69, 9.17) is 16.3 Å². The zero-order valence-electron chi connectivity index (χ0n) is 18.5.